The minimum absolute atomic E-state index is 0.212. The van der Waals surface area contributed by atoms with Gasteiger partial charge in [0, 0.05) is 11.3 Å². The topological polar surface area (TPSA) is 67.4 Å². The third kappa shape index (κ3) is 4.64. The standard InChI is InChI=1S/C20H24N2O3S/c1-13-6-8-17-15(10-13)12-18(26-17)20(24)22-21-19(23)9-7-14-4-3-5-16(11-14)25-2/h3-5,11-13H,6-10H2,1-2H3,(H,21,23)(H,22,24). The van der Waals surface area contributed by atoms with Crippen molar-refractivity contribution >= 4 is 23.2 Å². The van der Waals surface area contributed by atoms with Gasteiger partial charge in [0.1, 0.15) is 5.75 Å². The number of nitrogens with one attached hydrogen (secondary N) is 2. The third-order valence-corrected chi connectivity index (χ3v) is 5.88. The normalized spacial score (nSPS) is 15.8. The maximum Gasteiger partial charge on any atom is 0.279 e. The Bertz CT molecular complexity index is 800. The summed E-state index contributed by atoms with van der Waals surface area (Å²) >= 11 is 1.53. The summed E-state index contributed by atoms with van der Waals surface area (Å²) in [5.74, 6) is 0.986. The number of hydrazine groups is 1. The number of ether oxygens (including phenoxy) is 1. The van der Waals surface area contributed by atoms with Crippen LogP contribution >= 0.6 is 11.3 Å². The molecule has 0 aliphatic heterocycles. The predicted octanol–water partition coefficient (Wildman–Crippen LogP) is 3.28. The van der Waals surface area contributed by atoms with Crippen molar-refractivity contribution in [1.29, 1.82) is 0 Å². The highest BCUT2D eigenvalue weighted by Gasteiger charge is 2.20. The van der Waals surface area contributed by atoms with Crippen molar-refractivity contribution in [1.82, 2.24) is 10.9 Å². The van der Waals surface area contributed by atoms with Gasteiger partial charge in [-0.2, -0.15) is 0 Å². The molecular formula is C20H24N2O3S. The Morgan fingerprint density at radius 1 is 1.27 bits per heavy atom. The fourth-order valence-electron chi connectivity index (χ4n) is 3.15. The van der Waals surface area contributed by atoms with Gasteiger partial charge in [-0.25, -0.2) is 0 Å². The Kier molecular flexibility index (Phi) is 5.93. The molecule has 0 saturated heterocycles. The summed E-state index contributed by atoms with van der Waals surface area (Å²) in [6.45, 7) is 2.24. The molecule has 26 heavy (non-hydrogen) atoms. The molecule has 2 N–H and O–H groups in total. The van der Waals surface area contributed by atoms with Gasteiger partial charge in [0.25, 0.3) is 5.91 Å². The van der Waals surface area contributed by atoms with Crippen molar-refractivity contribution in [2.75, 3.05) is 7.11 Å². The number of rotatable bonds is 5. The monoisotopic (exact) mass is 372 g/mol. The van der Waals surface area contributed by atoms with E-state index in [1.54, 1.807) is 7.11 Å². The molecule has 3 rings (SSSR count). The van der Waals surface area contributed by atoms with Crippen molar-refractivity contribution in [3.05, 3.63) is 51.2 Å². The highest BCUT2D eigenvalue weighted by atomic mass is 32.1. The molecule has 1 aliphatic rings. The van der Waals surface area contributed by atoms with Gasteiger partial charge in [0.15, 0.2) is 0 Å². The predicted molar refractivity (Wildman–Crippen MR) is 102 cm³/mol. The molecule has 0 fully saturated rings. The summed E-state index contributed by atoms with van der Waals surface area (Å²) in [7, 11) is 1.62. The highest BCUT2D eigenvalue weighted by molar-refractivity contribution is 7.14. The number of hydrogen-bond donors (Lipinski definition) is 2. The van der Waals surface area contributed by atoms with Gasteiger partial charge in [-0.1, -0.05) is 19.1 Å². The zero-order valence-electron chi connectivity index (χ0n) is 15.1. The summed E-state index contributed by atoms with van der Waals surface area (Å²) in [4.78, 5) is 26.2. The van der Waals surface area contributed by atoms with Crippen molar-refractivity contribution in [3.8, 4) is 5.75 Å². The minimum atomic E-state index is -0.244. The second-order valence-corrected chi connectivity index (χ2v) is 7.90. The molecule has 0 bridgehead atoms. The molecule has 2 aromatic rings. The summed E-state index contributed by atoms with van der Waals surface area (Å²) in [6.07, 6.45) is 4.14. The molecule has 2 amide bonds. The number of benzene rings is 1. The molecule has 1 aliphatic carbocycles. The molecule has 1 aromatic heterocycles. The van der Waals surface area contributed by atoms with Crippen LogP contribution in [0.3, 0.4) is 0 Å². The van der Waals surface area contributed by atoms with Gasteiger partial charge in [-0.05, 0) is 60.9 Å². The lowest BCUT2D eigenvalue weighted by molar-refractivity contribution is -0.121. The quantitative estimate of drug-likeness (QED) is 0.792. The molecule has 6 heteroatoms. The van der Waals surface area contributed by atoms with Crippen molar-refractivity contribution < 1.29 is 14.3 Å². The van der Waals surface area contributed by atoms with Crippen LogP contribution < -0.4 is 15.6 Å². The molecule has 1 heterocycles. The first-order valence-electron chi connectivity index (χ1n) is 8.89. The second-order valence-electron chi connectivity index (χ2n) is 6.76. The molecule has 1 atom stereocenters. The Balaban J connectivity index is 1.47. The fraction of sp³-hybridized carbons (Fsp3) is 0.400. The van der Waals surface area contributed by atoms with E-state index in [1.165, 1.54) is 28.2 Å². The van der Waals surface area contributed by atoms with Gasteiger partial charge in [-0.3, -0.25) is 20.4 Å². The largest absolute Gasteiger partial charge is 0.497 e. The summed E-state index contributed by atoms with van der Waals surface area (Å²) in [5.41, 5.74) is 7.33. The van der Waals surface area contributed by atoms with E-state index in [1.807, 2.05) is 30.3 Å². The number of fused-ring (bicyclic) bond motifs is 1. The molecule has 0 radical (unpaired) electrons. The number of aryl methyl sites for hydroxylation is 2. The number of carbonyl (C=O) groups is 2. The van der Waals surface area contributed by atoms with Crippen LogP contribution in [0.1, 0.15) is 45.4 Å². The highest BCUT2D eigenvalue weighted by Crippen LogP contribution is 2.32. The maximum absolute atomic E-state index is 12.3. The zero-order chi connectivity index (χ0) is 18.5. The Morgan fingerprint density at radius 3 is 2.92 bits per heavy atom. The van der Waals surface area contributed by atoms with Gasteiger partial charge in [0.05, 0.1) is 12.0 Å². The molecule has 1 unspecified atom stereocenters. The van der Waals surface area contributed by atoms with Crippen LogP contribution in [0.15, 0.2) is 30.3 Å². The lowest BCUT2D eigenvalue weighted by Crippen LogP contribution is -2.41. The van der Waals surface area contributed by atoms with E-state index >= 15 is 0 Å². The van der Waals surface area contributed by atoms with Crippen LogP contribution in [-0.2, 0) is 24.1 Å². The first-order chi connectivity index (χ1) is 12.5. The van der Waals surface area contributed by atoms with E-state index in [2.05, 4.69) is 17.8 Å². The van der Waals surface area contributed by atoms with Crippen LogP contribution in [-0.4, -0.2) is 18.9 Å². The zero-order valence-corrected chi connectivity index (χ0v) is 15.9. The average Bonchev–Trinajstić information content (AvgIpc) is 3.07. The first kappa shape index (κ1) is 18.5. The number of methoxy groups -OCH3 is 1. The second kappa shape index (κ2) is 8.36. The van der Waals surface area contributed by atoms with E-state index < -0.39 is 0 Å². The van der Waals surface area contributed by atoms with E-state index in [9.17, 15) is 9.59 Å². The van der Waals surface area contributed by atoms with E-state index in [0.29, 0.717) is 23.6 Å². The number of hydrogen-bond acceptors (Lipinski definition) is 4. The van der Waals surface area contributed by atoms with Crippen molar-refractivity contribution in [3.63, 3.8) is 0 Å². The molecule has 1 aromatic carbocycles. The molecule has 0 spiro atoms. The number of amides is 2. The Morgan fingerprint density at radius 2 is 2.12 bits per heavy atom. The van der Waals surface area contributed by atoms with Crippen LogP contribution in [0.2, 0.25) is 0 Å². The van der Waals surface area contributed by atoms with Crippen LogP contribution in [0.25, 0.3) is 0 Å². The SMILES string of the molecule is COc1cccc(CCC(=O)NNC(=O)c2cc3c(s2)CCC(C)C3)c1. The maximum atomic E-state index is 12.3. The molecule has 138 valence electrons. The van der Waals surface area contributed by atoms with Crippen LogP contribution in [0.5, 0.6) is 5.75 Å². The smallest absolute Gasteiger partial charge is 0.279 e. The van der Waals surface area contributed by atoms with E-state index in [4.69, 9.17) is 4.74 Å². The lowest BCUT2D eigenvalue weighted by atomic mass is 9.90. The van der Waals surface area contributed by atoms with E-state index in [-0.39, 0.29) is 11.8 Å². The Hall–Kier alpha value is -2.34. The molecule has 0 saturated carbocycles. The van der Waals surface area contributed by atoms with Gasteiger partial charge in [-0.15, -0.1) is 11.3 Å². The average molecular weight is 372 g/mol. The Labute approximate surface area is 157 Å². The van der Waals surface area contributed by atoms with Crippen LogP contribution in [0.4, 0.5) is 0 Å². The van der Waals surface area contributed by atoms with Gasteiger partial charge in [0.2, 0.25) is 5.91 Å². The van der Waals surface area contributed by atoms with Gasteiger partial charge >= 0.3 is 0 Å². The minimum Gasteiger partial charge on any atom is -0.497 e. The van der Waals surface area contributed by atoms with Gasteiger partial charge < -0.3 is 4.74 Å². The summed E-state index contributed by atoms with van der Waals surface area (Å²) < 4.78 is 5.17. The summed E-state index contributed by atoms with van der Waals surface area (Å²) in [6, 6.07) is 9.58. The summed E-state index contributed by atoms with van der Waals surface area (Å²) in [5, 5.41) is 0. The van der Waals surface area contributed by atoms with Crippen LogP contribution in [0, 0.1) is 5.92 Å². The molecular weight excluding hydrogens is 348 g/mol. The third-order valence-electron chi connectivity index (χ3n) is 4.64. The van der Waals surface area contributed by atoms with E-state index in [0.717, 1.165) is 24.2 Å². The first-order valence-corrected chi connectivity index (χ1v) is 9.70. The lowest BCUT2D eigenvalue weighted by Gasteiger charge is -2.16. The molecule has 5 nitrogen and oxygen atoms in total. The number of carbonyl (C=O) groups excluding carboxylic acids is 2. The van der Waals surface area contributed by atoms with Crippen molar-refractivity contribution in [2.24, 2.45) is 5.92 Å². The van der Waals surface area contributed by atoms with Crippen molar-refractivity contribution in [2.45, 2.75) is 39.0 Å². The number of thiophene rings is 1. The fourth-order valence-corrected chi connectivity index (χ4v) is 4.26.